The second-order valence-electron chi connectivity index (χ2n) is 5.31. The Bertz CT molecular complexity index is 507. The molecule has 0 spiro atoms. The molecule has 0 N–H and O–H groups in total. The Hall–Kier alpha value is -1.64. The summed E-state index contributed by atoms with van der Waals surface area (Å²) >= 11 is 0. The van der Waals surface area contributed by atoms with Crippen LogP contribution in [0.25, 0.3) is 0 Å². The van der Waals surface area contributed by atoms with Crippen LogP contribution >= 0.6 is 0 Å². The summed E-state index contributed by atoms with van der Waals surface area (Å²) in [5.41, 5.74) is 1.29. The van der Waals surface area contributed by atoms with Gasteiger partial charge in [0.1, 0.15) is 17.6 Å². The number of benzene rings is 1. The molecule has 1 aromatic carbocycles. The summed E-state index contributed by atoms with van der Waals surface area (Å²) in [5, 5.41) is 0. The van der Waals surface area contributed by atoms with Crippen molar-refractivity contribution < 1.29 is 14.2 Å². The lowest BCUT2D eigenvalue weighted by molar-refractivity contribution is 0.105. The van der Waals surface area contributed by atoms with Crippen molar-refractivity contribution in [2.45, 2.75) is 31.8 Å². The van der Waals surface area contributed by atoms with Crippen LogP contribution in [-0.4, -0.2) is 20.3 Å². The van der Waals surface area contributed by atoms with Crippen LogP contribution in [0.4, 0.5) is 0 Å². The first kappa shape index (κ1) is 12.4. The summed E-state index contributed by atoms with van der Waals surface area (Å²) < 4.78 is 16.8. The number of hydrogen-bond acceptors (Lipinski definition) is 3. The van der Waals surface area contributed by atoms with Crippen molar-refractivity contribution in [3.05, 3.63) is 35.6 Å². The van der Waals surface area contributed by atoms with Gasteiger partial charge in [-0.25, -0.2) is 0 Å². The van der Waals surface area contributed by atoms with Crippen LogP contribution in [-0.2, 0) is 4.74 Å². The Morgan fingerprint density at radius 2 is 2.05 bits per heavy atom. The van der Waals surface area contributed by atoms with Crippen LogP contribution in [0.5, 0.6) is 11.5 Å². The summed E-state index contributed by atoms with van der Waals surface area (Å²) in [6.07, 6.45) is 4.39. The average molecular weight is 260 g/mol. The van der Waals surface area contributed by atoms with Gasteiger partial charge >= 0.3 is 0 Å². The summed E-state index contributed by atoms with van der Waals surface area (Å²) in [5.74, 6) is 3.88. The minimum absolute atomic E-state index is 0.123. The van der Waals surface area contributed by atoms with Crippen molar-refractivity contribution in [2.75, 3.05) is 14.2 Å². The third kappa shape index (κ3) is 2.07. The average Bonchev–Trinajstić information content (AvgIpc) is 2.46. The van der Waals surface area contributed by atoms with Crippen LogP contribution in [0.2, 0.25) is 0 Å². The van der Waals surface area contributed by atoms with Gasteiger partial charge in [0.2, 0.25) is 0 Å². The van der Waals surface area contributed by atoms with Gasteiger partial charge in [0.15, 0.2) is 0 Å². The lowest BCUT2D eigenvalue weighted by Gasteiger charge is -2.39. The highest BCUT2D eigenvalue weighted by atomic mass is 16.5. The van der Waals surface area contributed by atoms with Crippen LogP contribution in [0, 0.1) is 5.92 Å². The Morgan fingerprint density at radius 1 is 1.21 bits per heavy atom. The van der Waals surface area contributed by atoms with Gasteiger partial charge in [-0.2, -0.15) is 0 Å². The topological polar surface area (TPSA) is 27.7 Å². The summed E-state index contributed by atoms with van der Waals surface area (Å²) in [6.45, 7) is 2.29. The molecule has 3 nitrogen and oxygen atoms in total. The van der Waals surface area contributed by atoms with Gasteiger partial charge in [-0.05, 0) is 30.0 Å². The molecule has 0 aromatic heterocycles. The molecule has 0 amide bonds. The van der Waals surface area contributed by atoms with E-state index in [1.165, 1.54) is 5.56 Å². The fourth-order valence-electron chi connectivity index (χ4n) is 3.19. The number of allylic oxidation sites excluding steroid dienone is 1. The van der Waals surface area contributed by atoms with Crippen molar-refractivity contribution in [1.29, 1.82) is 0 Å². The van der Waals surface area contributed by atoms with Crippen LogP contribution in [0.15, 0.2) is 30.0 Å². The Kier molecular flexibility index (Phi) is 3.13. The zero-order valence-electron chi connectivity index (χ0n) is 11.7. The molecule has 0 saturated heterocycles. The summed E-state index contributed by atoms with van der Waals surface area (Å²) in [4.78, 5) is 0. The smallest absolute Gasteiger partial charge is 0.127 e. The van der Waals surface area contributed by atoms with Gasteiger partial charge in [0, 0.05) is 18.4 Å². The van der Waals surface area contributed by atoms with Crippen molar-refractivity contribution in [3.8, 4) is 11.5 Å². The van der Waals surface area contributed by atoms with Gasteiger partial charge in [-0.15, -0.1) is 0 Å². The van der Waals surface area contributed by atoms with E-state index in [4.69, 9.17) is 14.2 Å². The van der Waals surface area contributed by atoms with Crippen LogP contribution < -0.4 is 9.47 Å². The second-order valence-corrected chi connectivity index (χ2v) is 5.31. The highest BCUT2D eigenvalue weighted by Gasteiger charge is 2.37. The van der Waals surface area contributed by atoms with Crippen molar-refractivity contribution >= 4 is 0 Å². The number of fused-ring (bicyclic) bond motifs is 2. The first-order valence-corrected chi connectivity index (χ1v) is 6.82. The standard InChI is InChI=1S/C16H20O3/c1-10-13-6-4-11(17-2)8-15(13)19-16-9-12(18-3)5-7-14(10)16/h4,6,8-10,14,16H,5,7H2,1-3H3/t10?,14-,16?/m0/s1. The van der Waals surface area contributed by atoms with E-state index in [1.54, 1.807) is 14.2 Å². The molecule has 2 aliphatic rings. The monoisotopic (exact) mass is 260 g/mol. The molecule has 2 unspecified atom stereocenters. The SMILES string of the molecule is COC1=CC2Oc3cc(OC)ccc3C(C)[C@@H]2CC1. The molecule has 3 heteroatoms. The van der Waals surface area contributed by atoms with Gasteiger partial charge in [-0.1, -0.05) is 13.0 Å². The predicted octanol–water partition coefficient (Wildman–Crippen LogP) is 3.50. The quantitative estimate of drug-likeness (QED) is 0.814. The normalized spacial score (nSPS) is 28.6. The van der Waals surface area contributed by atoms with E-state index in [2.05, 4.69) is 19.1 Å². The first-order chi connectivity index (χ1) is 9.22. The number of hydrogen-bond donors (Lipinski definition) is 0. The molecule has 1 aliphatic heterocycles. The van der Waals surface area contributed by atoms with E-state index in [0.717, 1.165) is 30.1 Å². The van der Waals surface area contributed by atoms with E-state index in [9.17, 15) is 0 Å². The minimum Gasteiger partial charge on any atom is -0.501 e. The molecule has 0 radical (unpaired) electrons. The number of methoxy groups -OCH3 is 2. The fourth-order valence-corrected chi connectivity index (χ4v) is 3.19. The molecule has 102 valence electrons. The lowest BCUT2D eigenvalue weighted by atomic mass is 9.76. The minimum atomic E-state index is 0.123. The zero-order valence-corrected chi connectivity index (χ0v) is 11.7. The molecule has 0 bridgehead atoms. The Labute approximate surface area is 114 Å². The maximum absolute atomic E-state index is 6.14. The second kappa shape index (κ2) is 4.80. The predicted molar refractivity (Wildman–Crippen MR) is 73.6 cm³/mol. The van der Waals surface area contributed by atoms with Gasteiger partial charge in [-0.3, -0.25) is 0 Å². The maximum atomic E-state index is 6.14. The van der Waals surface area contributed by atoms with Crippen molar-refractivity contribution in [2.24, 2.45) is 5.92 Å². The van der Waals surface area contributed by atoms with Crippen molar-refractivity contribution in [1.82, 2.24) is 0 Å². The van der Waals surface area contributed by atoms with E-state index in [1.807, 2.05) is 12.1 Å². The number of ether oxygens (including phenoxy) is 3. The largest absolute Gasteiger partial charge is 0.501 e. The van der Waals surface area contributed by atoms with E-state index < -0.39 is 0 Å². The van der Waals surface area contributed by atoms with E-state index in [-0.39, 0.29) is 6.10 Å². The third-order valence-corrected chi connectivity index (χ3v) is 4.37. The highest BCUT2D eigenvalue weighted by molar-refractivity contribution is 5.45. The summed E-state index contributed by atoms with van der Waals surface area (Å²) in [7, 11) is 3.41. The van der Waals surface area contributed by atoms with Gasteiger partial charge in [0.25, 0.3) is 0 Å². The molecule has 3 atom stereocenters. The molecular weight excluding hydrogens is 240 g/mol. The Morgan fingerprint density at radius 3 is 2.79 bits per heavy atom. The van der Waals surface area contributed by atoms with E-state index >= 15 is 0 Å². The van der Waals surface area contributed by atoms with E-state index in [0.29, 0.717) is 11.8 Å². The summed E-state index contributed by atoms with van der Waals surface area (Å²) in [6, 6.07) is 6.12. The molecular formula is C16H20O3. The molecule has 1 heterocycles. The molecule has 0 fully saturated rings. The fraction of sp³-hybridized carbons (Fsp3) is 0.500. The maximum Gasteiger partial charge on any atom is 0.127 e. The van der Waals surface area contributed by atoms with Crippen LogP contribution in [0.3, 0.4) is 0 Å². The molecule has 19 heavy (non-hydrogen) atoms. The van der Waals surface area contributed by atoms with Gasteiger partial charge in [0.05, 0.1) is 20.0 Å². The molecule has 3 rings (SSSR count). The zero-order chi connectivity index (χ0) is 13.4. The van der Waals surface area contributed by atoms with Gasteiger partial charge < -0.3 is 14.2 Å². The lowest BCUT2D eigenvalue weighted by Crippen LogP contribution is -2.36. The molecule has 1 aliphatic carbocycles. The first-order valence-electron chi connectivity index (χ1n) is 6.82. The highest BCUT2D eigenvalue weighted by Crippen LogP contribution is 2.45. The van der Waals surface area contributed by atoms with Crippen molar-refractivity contribution in [3.63, 3.8) is 0 Å². The Balaban J connectivity index is 1.96. The molecule has 1 aromatic rings. The number of rotatable bonds is 2. The molecule has 0 saturated carbocycles. The van der Waals surface area contributed by atoms with Crippen LogP contribution in [0.1, 0.15) is 31.2 Å². The third-order valence-electron chi connectivity index (χ3n) is 4.37.